The average molecular weight is 279 g/mol. The van der Waals surface area contributed by atoms with Crippen LogP contribution in [0.4, 0.5) is 5.13 Å². The normalized spacial score (nSPS) is 12.4. The first-order valence-electron chi connectivity index (χ1n) is 6.15. The molecule has 1 aromatic carbocycles. The van der Waals surface area contributed by atoms with Crippen LogP contribution in [-0.2, 0) is 4.79 Å². The van der Waals surface area contributed by atoms with Crippen LogP contribution >= 0.6 is 11.3 Å². The van der Waals surface area contributed by atoms with Gasteiger partial charge in [-0.25, -0.2) is 4.98 Å². The van der Waals surface area contributed by atoms with Gasteiger partial charge in [0.15, 0.2) is 5.13 Å². The van der Waals surface area contributed by atoms with Crippen molar-refractivity contribution in [3.05, 3.63) is 18.2 Å². The number of ether oxygens (including phenoxy) is 1. The van der Waals surface area contributed by atoms with E-state index in [0.29, 0.717) is 11.6 Å². The number of rotatable bonds is 5. The van der Waals surface area contributed by atoms with Crippen LogP contribution in [0.1, 0.15) is 19.8 Å². The molecule has 1 heterocycles. The molecule has 2 aromatic rings. The van der Waals surface area contributed by atoms with Crippen LogP contribution < -0.4 is 15.8 Å². The number of nitrogens with two attached hydrogens (primary N) is 1. The fourth-order valence-electron chi connectivity index (χ4n) is 1.73. The summed E-state index contributed by atoms with van der Waals surface area (Å²) >= 11 is 1.41. The molecule has 0 saturated carbocycles. The molecule has 0 bridgehead atoms. The van der Waals surface area contributed by atoms with Crippen molar-refractivity contribution in [2.45, 2.75) is 25.8 Å². The second-order valence-corrected chi connectivity index (χ2v) is 5.27. The molecular weight excluding hydrogens is 262 g/mol. The standard InChI is InChI=1S/C13H17N3O2S/c1-3-4-9(14)12(17)16-13-15-10-6-5-8(18-2)7-11(10)19-13/h5-7,9H,3-4,14H2,1-2H3,(H,15,16,17)/t9-/m0/s1. The van der Waals surface area contributed by atoms with Gasteiger partial charge in [-0.2, -0.15) is 0 Å². The van der Waals surface area contributed by atoms with Gasteiger partial charge in [0.1, 0.15) is 5.75 Å². The van der Waals surface area contributed by atoms with E-state index in [-0.39, 0.29) is 5.91 Å². The molecule has 2 rings (SSSR count). The smallest absolute Gasteiger partial charge is 0.243 e. The average Bonchev–Trinajstić information content (AvgIpc) is 2.79. The van der Waals surface area contributed by atoms with Crippen LogP contribution in [0.5, 0.6) is 5.75 Å². The molecule has 1 atom stereocenters. The summed E-state index contributed by atoms with van der Waals surface area (Å²) in [5.74, 6) is 0.588. The van der Waals surface area contributed by atoms with Crippen molar-refractivity contribution < 1.29 is 9.53 Å². The number of anilines is 1. The Morgan fingerprint density at radius 3 is 3.05 bits per heavy atom. The summed E-state index contributed by atoms with van der Waals surface area (Å²) in [5.41, 5.74) is 6.60. The lowest BCUT2D eigenvalue weighted by atomic mass is 10.2. The van der Waals surface area contributed by atoms with Crippen LogP contribution in [0, 0.1) is 0 Å². The summed E-state index contributed by atoms with van der Waals surface area (Å²) in [5, 5.41) is 3.33. The summed E-state index contributed by atoms with van der Waals surface area (Å²) in [6.45, 7) is 2.00. The SMILES string of the molecule is CCC[C@H](N)C(=O)Nc1nc2ccc(OC)cc2s1. The highest BCUT2D eigenvalue weighted by Gasteiger charge is 2.14. The quantitative estimate of drug-likeness (QED) is 0.881. The largest absolute Gasteiger partial charge is 0.497 e. The highest BCUT2D eigenvalue weighted by atomic mass is 32.1. The summed E-state index contributed by atoms with van der Waals surface area (Å²) in [4.78, 5) is 16.2. The Labute approximate surface area is 115 Å². The molecule has 0 unspecified atom stereocenters. The number of benzene rings is 1. The van der Waals surface area contributed by atoms with E-state index < -0.39 is 6.04 Å². The first kappa shape index (κ1) is 13.8. The molecule has 102 valence electrons. The van der Waals surface area contributed by atoms with Crippen molar-refractivity contribution in [3.8, 4) is 5.75 Å². The van der Waals surface area contributed by atoms with E-state index in [1.54, 1.807) is 7.11 Å². The van der Waals surface area contributed by atoms with E-state index in [0.717, 1.165) is 22.4 Å². The number of thiazole rings is 1. The lowest BCUT2D eigenvalue weighted by Gasteiger charge is -2.08. The van der Waals surface area contributed by atoms with Crippen molar-refractivity contribution in [2.75, 3.05) is 12.4 Å². The number of carbonyl (C=O) groups excluding carboxylic acids is 1. The minimum Gasteiger partial charge on any atom is -0.497 e. The number of methoxy groups -OCH3 is 1. The molecule has 1 amide bonds. The highest BCUT2D eigenvalue weighted by molar-refractivity contribution is 7.22. The van der Waals surface area contributed by atoms with Gasteiger partial charge >= 0.3 is 0 Å². The molecule has 0 aliphatic carbocycles. The van der Waals surface area contributed by atoms with E-state index >= 15 is 0 Å². The molecule has 0 aliphatic rings. The molecule has 0 radical (unpaired) electrons. The molecule has 6 heteroatoms. The Bertz CT molecular complexity index is 582. The summed E-state index contributed by atoms with van der Waals surface area (Å²) in [6.07, 6.45) is 1.55. The molecule has 19 heavy (non-hydrogen) atoms. The Morgan fingerprint density at radius 2 is 2.37 bits per heavy atom. The fraction of sp³-hybridized carbons (Fsp3) is 0.385. The zero-order valence-electron chi connectivity index (χ0n) is 11.0. The van der Waals surface area contributed by atoms with E-state index in [4.69, 9.17) is 10.5 Å². The van der Waals surface area contributed by atoms with Gasteiger partial charge in [-0.05, 0) is 24.6 Å². The Balaban J connectivity index is 2.15. The maximum absolute atomic E-state index is 11.8. The Hall–Kier alpha value is -1.66. The number of hydrogen-bond acceptors (Lipinski definition) is 5. The number of hydrogen-bond donors (Lipinski definition) is 2. The topological polar surface area (TPSA) is 77.2 Å². The van der Waals surface area contributed by atoms with Crippen LogP contribution in [0.3, 0.4) is 0 Å². The van der Waals surface area contributed by atoms with Crippen molar-refractivity contribution in [1.29, 1.82) is 0 Å². The fourth-order valence-corrected chi connectivity index (χ4v) is 2.62. The van der Waals surface area contributed by atoms with E-state index in [2.05, 4.69) is 10.3 Å². The first-order valence-corrected chi connectivity index (χ1v) is 6.96. The summed E-state index contributed by atoms with van der Waals surface area (Å²) in [6, 6.07) is 5.13. The third kappa shape index (κ3) is 3.21. The number of aromatic nitrogens is 1. The number of fused-ring (bicyclic) bond motifs is 1. The van der Waals surface area contributed by atoms with Gasteiger partial charge in [0.2, 0.25) is 5.91 Å². The Morgan fingerprint density at radius 1 is 1.58 bits per heavy atom. The van der Waals surface area contributed by atoms with E-state index in [1.807, 2.05) is 25.1 Å². The second kappa shape index (κ2) is 5.99. The van der Waals surface area contributed by atoms with Gasteiger partial charge in [-0.1, -0.05) is 24.7 Å². The molecule has 0 aliphatic heterocycles. The predicted molar refractivity (Wildman–Crippen MR) is 77.7 cm³/mol. The predicted octanol–water partition coefficient (Wildman–Crippen LogP) is 2.37. The molecule has 5 nitrogen and oxygen atoms in total. The lowest BCUT2D eigenvalue weighted by Crippen LogP contribution is -2.35. The molecule has 0 spiro atoms. The van der Waals surface area contributed by atoms with Crippen LogP contribution in [0.25, 0.3) is 10.2 Å². The van der Waals surface area contributed by atoms with Gasteiger partial charge in [-0.15, -0.1) is 0 Å². The highest BCUT2D eigenvalue weighted by Crippen LogP contribution is 2.29. The zero-order valence-corrected chi connectivity index (χ0v) is 11.8. The summed E-state index contributed by atoms with van der Waals surface area (Å²) in [7, 11) is 1.62. The zero-order chi connectivity index (χ0) is 13.8. The van der Waals surface area contributed by atoms with Gasteiger partial charge in [0.25, 0.3) is 0 Å². The number of carbonyl (C=O) groups is 1. The van der Waals surface area contributed by atoms with E-state index in [9.17, 15) is 4.79 Å². The Kier molecular flexibility index (Phi) is 4.34. The van der Waals surface area contributed by atoms with Gasteiger partial charge in [0.05, 0.1) is 23.4 Å². The van der Waals surface area contributed by atoms with Gasteiger partial charge in [-0.3, -0.25) is 4.79 Å². The molecule has 0 saturated heterocycles. The van der Waals surface area contributed by atoms with Crippen molar-refractivity contribution in [1.82, 2.24) is 4.98 Å². The van der Waals surface area contributed by atoms with Crippen LogP contribution in [0.2, 0.25) is 0 Å². The van der Waals surface area contributed by atoms with Gasteiger partial charge < -0.3 is 15.8 Å². The van der Waals surface area contributed by atoms with Crippen LogP contribution in [-0.4, -0.2) is 24.0 Å². The lowest BCUT2D eigenvalue weighted by molar-refractivity contribution is -0.117. The second-order valence-electron chi connectivity index (χ2n) is 4.24. The van der Waals surface area contributed by atoms with Crippen LogP contribution in [0.15, 0.2) is 18.2 Å². The third-order valence-corrected chi connectivity index (χ3v) is 3.70. The minimum absolute atomic E-state index is 0.187. The maximum Gasteiger partial charge on any atom is 0.243 e. The summed E-state index contributed by atoms with van der Waals surface area (Å²) < 4.78 is 6.13. The van der Waals surface area contributed by atoms with Crippen molar-refractivity contribution in [3.63, 3.8) is 0 Å². The number of nitrogens with one attached hydrogen (secondary N) is 1. The molecule has 1 aromatic heterocycles. The van der Waals surface area contributed by atoms with Crippen molar-refractivity contribution >= 4 is 32.6 Å². The monoisotopic (exact) mass is 279 g/mol. The maximum atomic E-state index is 11.8. The first-order chi connectivity index (χ1) is 9.13. The molecular formula is C13H17N3O2S. The molecule has 0 fully saturated rings. The molecule has 3 N–H and O–H groups in total. The number of nitrogens with zero attached hydrogens (tertiary/aromatic N) is 1. The van der Waals surface area contributed by atoms with Crippen molar-refractivity contribution in [2.24, 2.45) is 5.73 Å². The van der Waals surface area contributed by atoms with E-state index in [1.165, 1.54) is 11.3 Å². The van der Waals surface area contributed by atoms with Gasteiger partial charge in [0, 0.05) is 0 Å². The number of amides is 1. The minimum atomic E-state index is -0.480. The third-order valence-electron chi connectivity index (χ3n) is 2.76.